The zero-order valence-electron chi connectivity index (χ0n) is 18.7. The fourth-order valence-electron chi connectivity index (χ4n) is 4.11. The topological polar surface area (TPSA) is 35.5 Å². The van der Waals surface area contributed by atoms with E-state index in [-0.39, 0.29) is 5.97 Å². The van der Waals surface area contributed by atoms with E-state index in [0.29, 0.717) is 23.1 Å². The maximum Gasteiger partial charge on any atom is 0.343 e. The second kappa shape index (κ2) is 11.2. The van der Waals surface area contributed by atoms with Crippen molar-refractivity contribution in [1.29, 1.82) is 0 Å². The lowest BCUT2D eigenvalue weighted by Crippen LogP contribution is -2.19. The van der Waals surface area contributed by atoms with E-state index in [2.05, 4.69) is 20.8 Å². The highest BCUT2D eigenvalue weighted by Gasteiger charge is 2.20. The predicted octanol–water partition coefficient (Wildman–Crippen LogP) is 7.09. The summed E-state index contributed by atoms with van der Waals surface area (Å²) in [5.41, 5.74) is 1.81. The Kier molecular flexibility index (Phi) is 8.36. The number of ether oxygens (including phenoxy) is 2. The number of benzene rings is 2. The summed E-state index contributed by atoms with van der Waals surface area (Å²) in [5, 5.41) is 0. The molecule has 3 nitrogen and oxygen atoms in total. The SMILES string of the molecule is CCC1CCC(COc2ccc(C(=O)Oc3ccc(C[C@@H](C)CC)cc3)cc2)CC1. The quantitative estimate of drug-likeness (QED) is 0.328. The molecule has 1 fully saturated rings. The third-order valence-corrected chi connectivity index (χ3v) is 6.53. The maximum atomic E-state index is 12.4. The first-order valence-electron chi connectivity index (χ1n) is 11.6. The van der Waals surface area contributed by atoms with Crippen LogP contribution in [0.3, 0.4) is 0 Å². The van der Waals surface area contributed by atoms with Crippen LogP contribution in [0.1, 0.15) is 75.2 Å². The second-order valence-electron chi connectivity index (χ2n) is 8.88. The van der Waals surface area contributed by atoms with Gasteiger partial charge in [-0.3, -0.25) is 0 Å². The molecule has 1 aliphatic carbocycles. The smallest absolute Gasteiger partial charge is 0.343 e. The molecule has 0 bridgehead atoms. The molecule has 30 heavy (non-hydrogen) atoms. The lowest BCUT2D eigenvalue weighted by atomic mass is 9.81. The van der Waals surface area contributed by atoms with Crippen molar-refractivity contribution in [2.45, 2.75) is 65.7 Å². The summed E-state index contributed by atoms with van der Waals surface area (Å²) in [7, 11) is 0. The van der Waals surface area contributed by atoms with Crippen LogP contribution in [-0.2, 0) is 6.42 Å². The van der Waals surface area contributed by atoms with E-state index in [4.69, 9.17) is 9.47 Å². The lowest BCUT2D eigenvalue weighted by Gasteiger charge is -2.27. The Labute approximate surface area is 181 Å². The van der Waals surface area contributed by atoms with Crippen LogP contribution in [0.25, 0.3) is 0 Å². The molecule has 0 unspecified atom stereocenters. The average Bonchev–Trinajstić information content (AvgIpc) is 2.79. The molecule has 0 spiro atoms. The normalized spacial score (nSPS) is 19.8. The zero-order chi connectivity index (χ0) is 21.3. The molecule has 3 heteroatoms. The molecule has 0 aromatic heterocycles. The van der Waals surface area contributed by atoms with Crippen LogP contribution in [0.15, 0.2) is 48.5 Å². The highest BCUT2D eigenvalue weighted by atomic mass is 16.5. The van der Waals surface area contributed by atoms with Gasteiger partial charge in [0.1, 0.15) is 11.5 Å². The summed E-state index contributed by atoms with van der Waals surface area (Å²) >= 11 is 0. The number of rotatable bonds is 9. The second-order valence-corrected chi connectivity index (χ2v) is 8.88. The van der Waals surface area contributed by atoms with Crippen LogP contribution >= 0.6 is 0 Å². The van der Waals surface area contributed by atoms with Crippen LogP contribution in [0.2, 0.25) is 0 Å². The first-order chi connectivity index (χ1) is 14.6. The van der Waals surface area contributed by atoms with Gasteiger partial charge in [-0.15, -0.1) is 0 Å². The molecule has 1 atom stereocenters. The largest absolute Gasteiger partial charge is 0.493 e. The van der Waals surface area contributed by atoms with Crippen molar-refractivity contribution in [2.24, 2.45) is 17.8 Å². The van der Waals surface area contributed by atoms with Crippen molar-refractivity contribution in [3.63, 3.8) is 0 Å². The van der Waals surface area contributed by atoms with Gasteiger partial charge in [0.25, 0.3) is 0 Å². The number of hydrogen-bond donors (Lipinski definition) is 0. The van der Waals surface area contributed by atoms with E-state index < -0.39 is 0 Å². The molecule has 0 N–H and O–H groups in total. The number of esters is 1. The molecule has 0 radical (unpaired) electrons. The summed E-state index contributed by atoms with van der Waals surface area (Å²) in [4.78, 5) is 12.4. The molecule has 2 aromatic carbocycles. The summed E-state index contributed by atoms with van der Waals surface area (Å²) in [6, 6.07) is 15.1. The van der Waals surface area contributed by atoms with Crippen LogP contribution in [0, 0.1) is 17.8 Å². The Morgan fingerprint density at radius 2 is 1.50 bits per heavy atom. The lowest BCUT2D eigenvalue weighted by molar-refractivity contribution is 0.0734. The van der Waals surface area contributed by atoms with Gasteiger partial charge in [0.15, 0.2) is 0 Å². The van der Waals surface area contributed by atoms with Gasteiger partial charge in [0, 0.05) is 0 Å². The molecular weight excluding hydrogens is 372 g/mol. The minimum Gasteiger partial charge on any atom is -0.493 e. The molecular formula is C27H36O3. The molecule has 162 valence electrons. The Morgan fingerprint density at radius 3 is 2.10 bits per heavy atom. The summed E-state index contributed by atoms with van der Waals surface area (Å²) in [6.07, 6.45) is 8.69. The fourth-order valence-corrected chi connectivity index (χ4v) is 4.11. The van der Waals surface area contributed by atoms with E-state index in [1.165, 1.54) is 37.7 Å². The monoisotopic (exact) mass is 408 g/mol. The van der Waals surface area contributed by atoms with E-state index >= 15 is 0 Å². The van der Waals surface area contributed by atoms with Crippen molar-refractivity contribution in [2.75, 3.05) is 6.61 Å². The van der Waals surface area contributed by atoms with Crippen molar-refractivity contribution in [3.8, 4) is 11.5 Å². The van der Waals surface area contributed by atoms with E-state index in [1.807, 2.05) is 36.4 Å². The van der Waals surface area contributed by atoms with Crippen LogP contribution < -0.4 is 9.47 Å². The van der Waals surface area contributed by atoms with Crippen molar-refractivity contribution < 1.29 is 14.3 Å². The number of carbonyl (C=O) groups is 1. The fraction of sp³-hybridized carbons (Fsp3) is 0.519. The van der Waals surface area contributed by atoms with Gasteiger partial charge in [-0.05, 0) is 79.0 Å². The third-order valence-electron chi connectivity index (χ3n) is 6.53. The van der Waals surface area contributed by atoms with Gasteiger partial charge >= 0.3 is 5.97 Å². The standard InChI is InChI=1S/C27H36O3/c1-4-20(3)18-22-10-14-26(15-11-22)30-27(28)24-12-16-25(17-13-24)29-19-23-8-6-21(5-2)7-9-23/h10-17,20-21,23H,4-9,18-19H2,1-3H3/t20-,21?,23?/m0/s1. The van der Waals surface area contributed by atoms with Crippen LogP contribution in [-0.4, -0.2) is 12.6 Å². The molecule has 2 aromatic rings. The third kappa shape index (κ3) is 6.62. The summed E-state index contributed by atoms with van der Waals surface area (Å²) in [5.74, 6) is 3.28. The predicted molar refractivity (Wildman–Crippen MR) is 122 cm³/mol. The average molecular weight is 409 g/mol. The minimum absolute atomic E-state index is 0.339. The van der Waals surface area contributed by atoms with Gasteiger partial charge in [-0.25, -0.2) is 4.79 Å². The Hall–Kier alpha value is -2.29. The summed E-state index contributed by atoms with van der Waals surface area (Å²) in [6.45, 7) is 7.51. The molecule has 3 rings (SSSR count). The molecule has 1 aliphatic rings. The van der Waals surface area contributed by atoms with Gasteiger partial charge in [-0.1, -0.05) is 58.6 Å². The number of carbonyl (C=O) groups excluding carboxylic acids is 1. The first-order valence-corrected chi connectivity index (χ1v) is 11.6. The minimum atomic E-state index is -0.339. The van der Waals surface area contributed by atoms with Gasteiger partial charge < -0.3 is 9.47 Å². The van der Waals surface area contributed by atoms with E-state index in [1.54, 1.807) is 12.1 Å². The maximum absolute atomic E-state index is 12.4. The van der Waals surface area contributed by atoms with Crippen LogP contribution in [0.5, 0.6) is 11.5 Å². The molecule has 0 saturated heterocycles. The van der Waals surface area contributed by atoms with Gasteiger partial charge in [-0.2, -0.15) is 0 Å². The zero-order valence-corrected chi connectivity index (χ0v) is 18.7. The molecule has 1 saturated carbocycles. The molecule has 0 amide bonds. The van der Waals surface area contributed by atoms with Crippen molar-refractivity contribution in [3.05, 3.63) is 59.7 Å². The Morgan fingerprint density at radius 1 is 0.900 bits per heavy atom. The summed E-state index contributed by atoms with van der Waals surface area (Å²) < 4.78 is 11.5. The van der Waals surface area contributed by atoms with E-state index in [0.717, 1.165) is 31.1 Å². The van der Waals surface area contributed by atoms with Gasteiger partial charge in [0.2, 0.25) is 0 Å². The van der Waals surface area contributed by atoms with Gasteiger partial charge in [0.05, 0.1) is 12.2 Å². The highest BCUT2D eigenvalue weighted by molar-refractivity contribution is 5.91. The van der Waals surface area contributed by atoms with E-state index in [9.17, 15) is 4.79 Å². The number of hydrogen-bond acceptors (Lipinski definition) is 3. The molecule has 0 aliphatic heterocycles. The highest BCUT2D eigenvalue weighted by Crippen LogP contribution is 2.31. The molecule has 0 heterocycles. The Balaban J connectivity index is 1.46. The van der Waals surface area contributed by atoms with Crippen molar-refractivity contribution in [1.82, 2.24) is 0 Å². The first kappa shape index (κ1) is 22.4. The van der Waals surface area contributed by atoms with Crippen molar-refractivity contribution >= 4 is 5.97 Å². The van der Waals surface area contributed by atoms with Crippen LogP contribution in [0.4, 0.5) is 0 Å². The Bertz CT molecular complexity index is 771.